The highest BCUT2D eigenvalue weighted by Gasteiger charge is 2.71. The Labute approximate surface area is 315 Å². The number of fused-ring (bicyclic) bond motifs is 4. The lowest BCUT2D eigenvalue weighted by atomic mass is 9.49. The van der Waals surface area contributed by atoms with Crippen molar-refractivity contribution in [2.75, 3.05) is 26.2 Å². The summed E-state index contributed by atoms with van der Waals surface area (Å²) in [6.45, 7) is 0.133. The number of hydrogen-bond donors (Lipinski definition) is 3. The van der Waals surface area contributed by atoms with Crippen LogP contribution in [0.15, 0.2) is 72.3 Å². The number of nitrogens with zero attached hydrogens (tertiary/aromatic N) is 2. The fraction of sp³-hybridized carbons (Fsp3) is 0.375. The van der Waals surface area contributed by atoms with Gasteiger partial charge in [-0.15, -0.1) is 0 Å². The number of aliphatic carboxylic acids is 1. The summed E-state index contributed by atoms with van der Waals surface area (Å²) in [6.07, 6.45) is 3.41. The molecule has 3 aromatic rings. The summed E-state index contributed by atoms with van der Waals surface area (Å²) in [5, 5.41) is 22.2. The van der Waals surface area contributed by atoms with Crippen LogP contribution in [-0.4, -0.2) is 70.5 Å². The van der Waals surface area contributed by atoms with Crippen molar-refractivity contribution in [3.8, 4) is 17.2 Å². The molecule has 2 aliphatic carbocycles. The predicted octanol–water partition coefficient (Wildman–Crippen LogP) is 5.83. The van der Waals surface area contributed by atoms with Crippen LogP contribution in [0.3, 0.4) is 0 Å². The highest BCUT2D eigenvalue weighted by atomic mass is 35.5. The van der Waals surface area contributed by atoms with E-state index in [-0.39, 0.29) is 66.1 Å². The second-order valence-electron chi connectivity index (χ2n) is 14.2. The molecular weight excluding hydrogens is 721 g/mol. The third-order valence-electron chi connectivity index (χ3n) is 11.5. The standard InChI is InChI=1S/C40H39ClFN3O9/c1-53-25-18-30(46)34(31(19-25)54-2)35-26-15-16-27-33(38(51)44(36(27)49)17-5-3-4-6-32(47)48)28(26)20-29-37(50)45(43-24-13-11-23(42)12-14-24)39(52)40(29,35)21-7-9-22(41)10-8-21/h7-15,18-19,27-29,33,35,43,46H,3-6,16-17,20H2,1-2H3,(H,47,48). The number of carbonyl (C=O) groups is 5. The lowest BCUT2D eigenvalue weighted by Crippen LogP contribution is -2.53. The number of anilines is 1. The van der Waals surface area contributed by atoms with Gasteiger partial charge in [-0.3, -0.25) is 34.3 Å². The van der Waals surface area contributed by atoms with E-state index in [1.54, 1.807) is 30.3 Å². The van der Waals surface area contributed by atoms with Crippen molar-refractivity contribution >= 4 is 46.9 Å². The number of aromatic hydroxyl groups is 1. The number of hydrazine groups is 1. The number of imide groups is 2. The van der Waals surface area contributed by atoms with Crippen molar-refractivity contribution < 1.29 is 48.0 Å². The highest BCUT2D eigenvalue weighted by Crippen LogP contribution is 2.66. The van der Waals surface area contributed by atoms with Gasteiger partial charge < -0.3 is 19.7 Å². The summed E-state index contributed by atoms with van der Waals surface area (Å²) in [6, 6.07) is 14.7. The maximum atomic E-state index is 15.3. The maximum Gasteiger partial charge on any atom is 0.303 e. The number of methoxy groups -OCH3 is 2. The molecule has 2 aliphatic heterocycles. The van der Waals surface area contributed by atoms with Crippen molar-refractivity contribution in [2.24, 2.45) is 23.7 Å². The Morgan fingerprint density at radius 2 is 1.67 bits per heavy atom. The van der Waals surface area contributed by atoms with Gasteiger partial charge in [-0.05, 0) is 73.6 Å². The molecule has 7 rings (SSSR count). The van der Waals surface area contributed by atoms with E-state index >= 15 is 4.79 Å². The van der Waals surface area contributed by atoms with Gasteiger partial charge in [0.25, 0.3) is 11.8 Å². The molecule has 3 fully saturated rings. The molecule has 2 heterocycles. The number of ether oxygens (including phenoxy) is 2. The minimum Gasteiger partial charge on any atom is -0.507 e. The van der Waals surface area contributed by atoms with E-state index < -0.39 is 58.6 Å². The average molecular weight is 760 g/mol. The number of carboxylic acids is 1. The van der Waals surface area contributed by atoms with E-state index in [4.69, 9.17) is 26.2 Å². The molecule has 54 heavy (non-hydrogen) atoms. The zero-order chi connectivity index (χ0) is 38.5. The average Bonchev–Trinajstić information content (AvgIpc) is 3.52. The smallest absolute Gasteiger partial charge is 0.303 e. The molecule has 0 aromatic heterocycles. The Balaban J connectivity index is 1.39. The van der Waals surface area contributed by atoms with Gasteiger partial charge in [-0.2, -0.15) is 5.01 Å². The molecule has 3 N–H and O–H groups in total. The molecule has 4 aliphatic rings. The lowest BCUT2D eigenvalue weighted by Gasteiger charge is -2.50. The fourth-order valence-corrected chi connectivity index (χ4v) is 9.27. The molecule has 12 nitrogen and oxygen atoms in total. The Morgan fingerprint density at radius 1 is 0.944 bits per heavy atom. The topological polar surface area (TPSA) is 163 Å². The summed E-state index contributed by atoms with van der Waals surface area (Å²) in [7, 11) is 2.84. The third-order valence-corrected chi connectivity index (χ3v) is 11.7. The number of nitrogens with one attached hydrogen (secondary N) is 1. The number of phenols is 1. The number of amides is 4. The summed E-state index contributed by atoms with van der Waals surface area (Å²) in [4.78, 5) is 70.6. The van der Waals surface area contributed by atoms with E-state index in [9.17, 15) is 28.7 Å². The van der Waals surface area contributed by atoms with Gasteiger partial charge in [0.2, 0.25) is 11.8 Å². The van der Waals surface area contributed by atoms with Crippen molar-refractivity contribution in [1.82, 2.24) is 9.91 Å². The van der Waals surface area contributed by atoms with Gasteiger partial charge in [-0.25, -0.2) is 4.39 Å². The number of carbonyl (C=O) groups excluding carboxylic acids is 4. The summed E-state index contributed by atoms with van der Waals surface area (Å²) in [5.74, 6) is -7.68. The molecule has 4 amide bonds. The highest BCUT2D eigenvalue weighted by molar-refractivity contribution is 6.30. The Bertz CT molecular complexity index is 2060. The zero-order valence-corrected chi connectivity index (χ0v) is 30.3. The minimum atomic E-state index is -1.72. The Hall–Kier alpha value is -5.43. The Kier molecular flexibility index (Phi) is 9.86. The molecule has 282 valence electrons. The third kappa shape index (κ3) is 5.94. The lowest BCUT2D eigenvalue weighted by molar-refractivity contribution is -0.141. The number of benzene rings is 3. The molecule has 3 aromatic carbocycles. The maximum absolute atomic E-state index is 15.3. The van der Waals surface area contributed by atoms with Crippen molar-refractivity contribution in [1.29, 1.82) is 0 Å². The molecule has 0 bridgehead atoms. The predicted molar refractivity (Wildman–Crippen MR) is 193 cm³/mol. The first kappa shape index (κ1) is 36.9. The molecular formula is C40H39ClFN3O9. The number of unbranched alkanes of at least 4 members (excludes halogenated alkanes) is 2. The first-order chi connectivity index (χ1) is 25.9. The molecule has 0 radical (unpaired) electrons. The van der Waals surface area contributed by atoms with Crippen molar-refractivity contribution in [3.05, 3.63) is 94.3 Å². The molecule has 6 atom stereocenters. The van der Waals surface area contributed by atoms with Crippen LogP contribution >= 0.6 is 11.6 Å². The minimum absolute atomic E-state index is 0.0118. The largest absolute Gasteiger partial charge is 0.507 e. The molecule has 1 saturated carbocycles. The van der Waals surface area contributed by atoms with Crippen LogP contribution < -0.4 is 14.9 Å². The van der Waals surface area contributed by atoms with E-state index in [0.29, 0.717) is 35.4 Å². The quantitative estimate of drug-likeness (QED) is 0.116. The molecule has 6 unspecified atom stereocenters. The van der Waals surface area contributed by atoms with Crippen LogP contribution in [0.2, 0.25) is 5.02 Å². The van der Waals surface area contributed by atoms with Crippen molar-refractivity contribution in [3.63, 3.8) is 0 Å². The van der Waals surface area contributed by atoms with Crippen LogP contribution in [0.25, 0.3) is 0 Å². The monoisotopic (exact) mass is 759 g/mol. The van der Waals surface area contributed by atoms with Crippen LogP contribution in [0, 0.1) is 29.5 Å². The number of hydrogen-bond acceptors (Lipinski definition) is 9. The fourth-order valence-electron chi connectivity index (χ4n) is 9.14. The van der Waals surface area contributed by atoms with E-state index in [1.165, 1.54) is 49.5 Å². The van der Waals surface area contributed by atoms with Crippen molar-refractivity contribution in [2.45, 2.75) is 49.9 Å². The number of allylic oxidation sites excluding steroid dienone is 2. The first-order valence-corrected chi connectivity index (χ1v) is 18.2. The number of carboxylic acid groups (broad SMARTS) is 1. The SMILES string of the molecule is COc1cc(O)c(C2C3=CCC4C(=O)N(CCCCCC(=O)O)C(=O)C4C3CC3C(=O)N(Nc4ccc(F)cc4)C(=O)C32c2ccc(Cl)cc2)c(OC)c1. The zero-order valence-electron chi connectivity index (χ0n) is 29.6. The summed E-state index contributed by atoms with van der Waals surface area (Å²) < 4.78 is 25.2. The van der Waals surface area contributed by atoms with Gasteiger partial charge in [0.15, 0.2) is 0 Å². The number of rotatable bonds is 12. The molecule has 0 spiro atoms. The van der Waals surface area contributed by atoms with E-state index in [0.717, 1.165) is 5.01 Å². The van der Waals surface area contributed by atoms with Gasteiger partial charge in [0, 0.05) is 41.6 Å². The van der Waals surface area contributed by atoms with Gasteiger partial charge in [0.05, 0.1) is 43.1 Å². The molecule has 2 saturated heterocycles. The summed E-state index contributed by atoms with van der Waals surface area (Å²) in [5.41, 5.74) is 2.68. The second kappa shape index (κ2) is 14.4. The number of likely N-dealkylation sites (tertiary alicyclic amines) is 1. The van der Waals surface area contributed by atoms with Gasteiger partial charge >= 0.3 is 5.97 Å². The number of halogens is 2. The number of phenolic OH excluding ortho intramolecular Hbond substituents is 1. The molecule has 14 heteroatoms. The van der Waals surface area contributed by atoms with Crippen LogP contribution in [-0.2, 0) is 29.4 Å². The van der Waals surface area contributed by atoms with Crippen LogP contribution in [0.5, 0.6) is 17.2 Å². The second-order valence-corrected chi connectivity index (χ2v) is 14.6. The normalized spacial score (nSPS) is 25.9. The van der Waals surface area contributed by atoms with Gasteiger partial charge in [0.1, 0.15) is 23.1 Å². The van der Waals surface area contributed by atoms with Crippen LogP contribution in [0.4, 0.5) is 10.1 Å². The summed E-state index contributed by atoms with van der Waals surface area (Å²) >= 11 is 6.36. The van der Waals surface area contributed by atoms with E-state index in [2.05, 4.69) is 5.43 Å². The van der Waals surface area contributed by atoms with Crippen LogP contribution in [0.1, 0.15) is 55.6 Å². The Morgan fingerprint density at radius 3 is 2.33 bits per heavy atom. The first-order valence-electron chi connectivity index (χ1n) is 17.8. The van der Waals surface area contributed by atoms with E-state index in [1.807, 2.05) is 6.08 Å². The van der Waals surface area contributed by atoms with Gasteiger partial charge in [-0.1, -0.05) is 41.8 Å².